The summed E-state index contributed by atoms with van der Waals surface area (Å²) in [6.07, 6.45) is 4.05. The van der Waals surface area contributed by atoms with Crippen molar-refractivity contribution in [1.29, 1.82) is 0 Å². The standard InChI is InChI=1S/C5H4F3N2.3C4H9.Sn/c1-10-3-2-9-4(10)5(6,7)8;3*1-3-4-2;/h3H,1H3;3*1,3-4H2,2H3;. The zero-order valence-corrected chi connectivity index (χ0v) is 17.8. The second-order valence-electron chi connectivity index (χ2n) is 6.65. The van der Waals surface area contributed by atoms with E-state index in [1.165, 1.54) is 11.6 Å². The van der Waals surface area contributed by atoms with Gasteiger partial charge in [0.25, 0.3) is 0 Å². The Morgan fingerprint density at radius 1 is 0.957 bits per heavy atom. The van der Waals surface area contributed by atoms with Gasteiger partial charge in [-0.25, -0.2) is 0 Å². The molecule has 0 aliphatic rings. The predicted molar refractivity (Wildman–Crippen MR) is 92.7 cm³/mol. The second kappa shape index (κ2) is 9.33. The molecule has 134 valence electrons. The fourth-order valence-corrected chi connectivity index (χ4v) is 18.8. The first kappa shape index (κ1) is 20.8. The van der Waals surface area contributed by atoms with E-state index in [0.717, 1.165) is 55.5 Å². The first-order valence-electron chi connectivity index (χ1n) is 8.91. The summed E-state index contributed by atoms with van der Waals surface area (Å²) < 4.78 is 44.9. The van der Waals surface area contributed by atoms with Crippen molar-refractivity contribution in [2.24, 2.45) is 7.05 Å². The molecule has 0 radical (unpaired) electrons. The molecule has 0 spiro atoms. The summed E-state index contributed by atoms with van der Waals surface area (Å²) in [4.78, 5) is 4.14. The molecule has 0 bridgehead atoms. The monoisotopic (exact) mass is 440 g/mol. The average molecular weight is 439 g/mol. The van der Waals surface area contributed by atoms with E-state index >= 15 is 0 Å². The van der Waals surface area contributed by atoms with Crippen LogP contribution in [0.1, 0.15) is 65.1 Å². The molecule has 0 amide bonds. The molecule has 0 saturated carbocycles. The van der Waals surface area contributed by atoms with Gasteiger partial charge in [0, 0.05) is 0 Å². The summed E-state index contributed by atoms with van der Waals surface area (Å²) in [7, 11) is 1.48. The van der Waals surface area contributed by atoms with E-state index in [4.69, 9.17) is 0 Å². The predicted octanol–water partition coefficient (Wildman–Crippen LogP) is 5.50. The van der Waals surface area contributed by atoms with Crippen molar-refractivity contribution in [3.05, 3.63) is 12.0 Å². The van der Waals surface area contributed by atoms with Gasteiger partial charge in [0.1, 0.15) is 0 Å². The fourth-order valence-electron chi connectivity index (χ4n) is 3.29. The van der Waals surface area contributed by atoms with Gasteiger partial charge in [0.2, 0.25) is 0 Å². The first-order valence-corrected chi connectivity index (χ1v) is 16.4. The summed E-state index contributed by atoms with van der Waals surface area (Å²) in [5.41, 5.74) is 0. The molecule has 0 unspecified atom stereocenters. The Balaban J connectivity index is 3.24. The Bertz CT molecular complexity index is 447. The van der Waals surface area contributed by atoms with Crippen molar-refractivity contribution < 1.29 is 13.2 Å². The number of hydrogen-bond donors (Lipinski definition) is 0. The molecule has 6 heteroatoms. The van der Waals surface area contributed by atoms with Crippen LogP contribution in [-0.4, -0.2) is 27.9 Å². The van der Waals surface area contributed by atoms with Crippen molar-refractivity contribution >= 4 is 22.1 Å². The number of aryl methyl sites for hydroxylation is 1. The van der Waals surface area contributed by atoms with E-state index < -0.39 is 30.4 Å². The van der Waals surface area contributed by atoms with E-state index in [0.29, 0.717) is 0 Å². The zero-order valence-electron chi connectivity index (χ0n) is 15.0. The number of unbranched alkanes of at least 4 members (excludes halogenated alkanes) is 3. The Morgan fingerprint density at radius 3 is 1.70 bits per heavy atom. The van der Waals surface area contributed by atoms with Gasteiger partial charge in [-0.2, -0.15) is 0 Å². The van der Waals surface area contributed by atoms with Crippen LogP contribution < -0.4 is 3.71 Å². The molecule has 0 fully saturated rings. The molecule has 0 N–H and O–H groups in total. The molecule has 1 aromatic rings. The third-order valence-electron chi connectivity index (χ3n) is 4.70. The maximum atomic E-state index is 13.1. The minimum absolute atomic E-state index is 0.724. The molecule has 0 aliphatic carbocycles. The van der Waals surface area contributed by atoms with Crippen molar-refractivity contribution in [2.75, 3.05) is 0 Å². The molecular formula is C17H31F3N2Sn. The van der Waals surface area contributed by atoms with Gasteiger partial charge >= 0.3 is 143 Å². The Hall–Kier alpha value is -0.201. The average Bonchev–Trinajstić information content (AvgIpc) is 2.89. The van der Waals surface area contributed by atoms with Crippen molar-refractivity contribution in [3.63, 3.8) is 0 Å². The fraction of sp³-hybridized carbons (Fsp3) is 0.824. The van der Waals surface area contributed by atoms with Crippen molar-refractivity contribution in [1.82, 2.24) is 9.55 Å². The summed E-state index contributed by atoms with van der Waals surface area (Å²) >= 11 is -2.85. The van der Waals surface area contributed by atoms with Gasteiger partial charge in [0.15, 0.2) is 0 Å². The molecule has 23 heavy (non-hydrogen) atoms. The molecule has 0 aliphatic heterocycles. The number of nitrogens with zero attached hydrogens (tertiary/aromatic N) is 2. The molecule has 0 atom stereocenters. The van der Waals surface area contributed by atoms with Gasteiger partial charge in [-0.05, 0) is 0 Å². The van der Waals surface area contributed by atoms with Gasteiger partial charge in [0.05, 0.1) is 0 Å². The molecule has 0 saturated heterocycles. The zero-order chi connectivity index (χ0) is 17.5. The number of aromatic nitrogens is 2. The van der Waals surface area contributed by atoms with Gasteiger partial charge in [-0.3, -0.25) is 0 Å². The topological polar surface area (TPSA) is 17.8 Å². The summed E-state index contributed by atoms with van der Waals surface area (Å²) in [5.74, 6) is -0.724. The number of alkyl halides is 3. The van der Waals surface area contributed by atoms with Crippen LogP contribution in [-0.2, 0) is 13.2 Å². The number of hydrogen-bond acceptors (Lipinski definition) is 1. The van der Waals surface area contributed by atoms with E-state index in [1.807, 2.05) is 0 Å². The van der Waals surface area contributed by atoms with Crippen LogP contribution in [0.15, 0.2) is 6.20 Å². The normalized spacial score (nSPS) is 12.8. The number of rotatable bonds is 10. The van der Waals surface area contributed by atoms with Crippen LogP contribution in [0.5, 0.6) is 0 Å². The Labute approximate surface area is 142 Å². The number of halogens is 3. The number of imidazole rings is 1. The SMILES string of the molecule is CCC[CH2][Sn]([CH2]CCC)([CH2]CCC)[c]1cn(C)c(C(F)(F)F)n1. The van der Waals surface area contributed by atoms with Crippen LogP contribution >= 0.6 is 0 Å². The minimum atomic E-state index is -4.36. The van der Waals surface area contributed by atoms with Gasteiger partial charge < -0.3 is 0 Å². The van der Waals surface area contributed by atoms with Crippen molar-refractivity contribution in [3.8, 4) is 0 Å². The molecule has 0 aromatic carbocycles. The molecule has 2 nitrogen and oxygen atoms in total. The van der Waals surface area contributed by atoms with E-state index in [2.05, 4.69) is 25.8 Å². The van der Waals surface area contributed by atoms with E-state index in [-0.39, 0.29) is 0 Å². The second-order valence-corrected chi connectivity index (χ2v) is 19.7. The Morgan fingerprint density at radius 2 is 1.39 bits per heavy atom. The molecular weight excluding hydrogens is 408 g/mol. The molecule has 1 aromatic heterocycles. The third kappa shape index (κ3) is 5.68. The quantitative estimate of drug-likeness (QED) is 0.441. The maximum absolute atomic E-state index is 13.1. The van der Waals surface area contributed by atoms with E-state index in [9.17, 15) is 13.2 Å². The van der Waals surface area contributed by atoms with Crippen LogP contribution in [0, 0.1) is 0 Å². The Kier molecular flexibility index (Phi) is 8.45. The summed E-state index contributed by atoms with van der Waals surface area (Å²) in [6, 6.07) is 0. The third-order valence-corrected chi connectivity index (χ3v) is 19.7. The summed E-state index contributed by atoms with van der Waals surface area (Å²) in [5, 5.41) is 0. The van der Waals surface area contributed by atoms with Gasteiger partial charge in [-0.15, -0.1) is 0 Å². The van der Waals surface area contributed by atoms with Crippen LogP contribution in [0.2, 0.25) is 13.3 Å². The van der Waals surface area contributed by atoms with Crippen LogP contribution in [0.3, 0.4) is 0 Å². The first-order chi connectivity index (χ1) is 10.8. The molecule has 1 heterocycles. The van der Waals surface area contributed by atoms with Crippen LogP contribution in [0.25, 0.3) is 0 Å². The summed E-state index contributed by atoms with van der Waals surface area (Å²) in [6.45, 7) is 6.49. The van der Waals surface area contributed by atoms with E-state index in [1.54, 1.807) is 6.20 Å². The molecule has 1 rings (SSSR count). The van der Waals surface area contributed by atoms with Crippen LogP contribution in [0.4, 0.5) is 13.2 Å². The van der Waals surface area contributed by atoms with Crippen molar-refractivity contribution in [2.45, 2.75) is 78.8 Å². The van der Waals surface area contributed by atoms with Gasteiger partial charge in [-0.1, -0.05) is 0 Å².